The Bertz CT molecular complexity index is 1320. The molecule has 1 aromatic heterocycles. The van der Waals surface area contributed by atoms with Gasteiger partial charge in [-0.25, -0.2) is 14.6 Å². The van der Waals surface area contributed by atoms with Crippen LogP contribution in [-0.2, 0) is 11.8 Å². The number of likely N-dealkylation sites (tertiary alicyclic amines) is 1. The minimum atomic E-state index is -0.924. The maximum absolute atomic E-state index is 13.3. The molecule has 9 nitrogen and oxygen atoms in total. The Hall–Kier alpha value is -4.27. The van der Waals surface area contributed by atoms with Gasteiger partial charge in [-0.2, -0.15) is 0 Å². The normalized spacial score (nSPS) is 17.2. The number of aromatic nitrogens is 2. The Morgan fingerprint density at radius 1 is 0.943 bits per heavy atom. The van der Waals surface area contributed by atoms with Gasteiger partial charge in [0, 0.05) is 19.2 Å². The molecule has 35 heavy (non-hydrogen) atoms. The monoisotopic (exact) mass is 475 g/mol. The van der Waals surface area contributed by atoms with E-state index in [1.54, 1.807) is 47.4 Å². The van der Waals surface area contributed by atoms with E-state index in [-0.39, 0.29) is 23.2 Å². The van der Waals surface area contributed by atoms with Crippen LogP contribution in [0.15, 0.2) is 65.5 Å². The Labute approximate surface area is 201 Å². The first kappa shape index (κ1) is 23.9. The molecule has 1 amide bonds. The summed E-state index contributed by atoms with van der Waals surface area (Å²) >= 11 is 0. The second-order valence-corrected chi connectivity index (χ2v) is 8.44. The molecular formula is C26H25N3O6. The summed E-state index contributed by atoms with van der Waals surface area (Å²) in [5.41, 5.74) is -0.426. The third kappa shape index (κ3) is 4.70. The second kappa shape index (κ2) is 9.92. The number of nitrogens with zero attached hydrogens (tertiary/aromatic N) is 3. The van der Waals surface area contributed by atoms with Crippen LogP contribution in [0.5, 0.6) is 5.75 Å². The zero-order chi connectivity index (χ0) is 25.1. The van der Waals surface area contributed by atoms with Crippen molar-refractivity contribution >= 4 is 17.8 Å². The average Bonchev–Trinajstić information content (AvgIpc) is 3.28. The number of amides is 1. The zero-order valence-electron chi connectivity index (χ0n) is 19.6. The second-order valence-electron chi connectivity index (χ2n) is 8.44. The van der Waals surface area contributed by atoms with Gasteiger partial charge in [0.2, 0.25) is 5.75 Å². The van der Waals surface area contributed by atoms with Crippen LogP contribution in [0.4, 0.5) is 0 Å². The van der Waals surface area contributed by atoms with Crippen molar-refractivity contribution in [3.8, 4) is 5.75 Å². The maximum atomic E-state index is 13.3. The quantitative estimate of drug-likeness (QED) is 0.522. The van der Waals surface area contributed by atoms with Crippen molar-refractivity contribution in [3.05, 3.63) is 93.7 Å². The van der Waals surface area contributed by atoms with Crippen LogP contribution < -0.4 is 10.3 Å². The first-order valence-corrected chi connectivity index (χ1v) is 11.1. The molecule has 0 radical (unpaired) electrons. The number of hydrogen-bond donors (Lipinski definition) is 0. The molecule has 3 aromatic rings. The molecular weight excluding hydrogens is 450 g/mol. The number of carbonyl (C=O) groups excluding carboxylic acids is 3. The summed E-state index contributed by atoms with van der Waals surface area (Å²) in [7, 11) is 2.62. The van der Waals surface area contributed by atoms with Crippen molar-refractivity contribution in [3.63, 3.8) is 0 Å². The highest BCUT2D eigenvalue weighted by Gasteiger charge is 2.38. The van der Waals surface area contributed by atoms with Crippen molar-refractivity contribution in [2.24, 2.45) is 13.0 Å². The Morgan fingerprint density at radius 3 is 2.14 bits per heavy atom. The smallest absolute Gasteiger partial charge is 0.360 e. The Balaban J connectivity index is 1.77. The molecule has 0 unspecified atom stereocenters. The molecule has 180 valence electrons. The lowest BCUT2D eigenvalue weighted by molar-refractivity contribution is 0.0583. The van der Waals surface area contributed by atoms with E-state index in [9.17, 15) is 19.2 Å². The van der Waals surface area contributed by atoms with Crippen LogP contribution in [0.3, 0.4) is 0 Å². The first-order chi connectivity index (χ1) is 16.8. The highest BCUT2D eigenvalue weighted by atomic mass is 16.5. The van der Waals surface area contributed by atoms with Gasteiger partial charge in [-0.05, 0) is 36.6 Å². The van der Waals surface area contributed by atoms with E-state index in [0.717, 1.165) is 7.11 Å². The lowest BCUT2D eigenvalue weighted by Crippen LogP contribution is -2.36. The molecule has 1 saturated heterocycles. The lowest BCUT2D eigenvalue weighted by Gasteiger charge is -2.26. The molecule has 1 aliphatic heterocycles. The number of ether oxygens (including phenoxy) is 2. The summed E-state index contributed by atoms with van der Waals surface area (Å²) in [5, 5.41) is 0. The number of esters is 2. The minimum absolute atomic E-state index is 0.140. The van der Waals surface area contributed by atoms with Gasteiger partial charge >= 0.3 is 11.9 Å². The molecule has 0 spiro atoms. The largest absolute Gasteiger partial charge is 0.464 e. The Morgan fingerprint density at radius 2 is 1.54 bits per heavy atom. The van der Waals surface area contributed by atoms with E-state index in [1.807, 2.05) is 13.0 Å². The SMILES string of the molecule is COC(=O)c1nc([C@@H]2C[C@@H](C)CN2C(=O)c2ccccc2)n(C)c(=O)c1OC(=O)c1ccccc1. The molecule has 0 N–H and O–H groups in total. The van der Waals surface area contributed by atoms with E-state index in [4.69, 9.17) is 9.47 Å². The minimum Gasteiger partial charge on any atom is -0.464 e. The highest BCUT2D eigenvalue weighted by molar-refractivity contribution is 5.95. The van der Waals surface area contributed by atoms with Gasteiger partial charge in [-0.3, -0.25) is 14.2 Å². The summed E-state index contributed by atoms with van der Waals surface area (Å²) < 4.78 is 11.4. The van der Waals surface area contributed by atoms with Crippen molar-refractivity contribution in [1.82, 2.24) is 14.5 Å². The van der Waals surface area contributed by atoms with Gasteiger partial charge in [-0.1, -0.05) is 43.3 Å². The van der Waals surface area contributed by atoms with Gasteiger partial charge in [0.1, 0.15) is 5.82 Å². The van der Waals surface area contributed by atoms with Crippen LogP contribution in [0, 0.1) is 5.92 Å². The zero-order valence-corrected chi connectivity index (χ0v) is 19.6. The molecule has 0 bridgehead atoms. The number of carbonyl (C=O) groups is 3. The molecule has 1 fully saturated rings. The van der Waals surface area contributed by atoms with E-state index >= 15 is 0 Å². The maximum Gasteiger partial charge on any atom is 0.360 e. The lowest BCUT2D eigenvalue weighted by atomic mass is 10.1. The van der Waals surface area contributed by atoms with Crippen LogP contribution >= 0.6 is 0 Å². The molecule has 0 saturated carbocycles. The fourth-order valence-electron chi connectivity index (χ4n) is 4.21. The van der Waals surface area contributed by atoms with Crippen molar-refractivity contribution in [1.29, 1.82) is 0 Å². The van der Waals surface area contributed by atoms with E-state index in [0.29, 0.717) is 18.5 Å². The molecule has 2 heterocycles. The van der Waals surface area contributed by atoms with Gasteiger partial charge in [0.05, 0.1) is 18.7 Å². The number of rotatable bonds is 5. The van der Waals surface area contributed by atoms with E-state index in [2.05, 4.69) is 4.98 Å². The standard InChI is InChI=1S/C26H25N3O6/c1-16-14-19(29(15-16)23(30)17-10-6-4-7-11-17)22-27-20(26(33)34-3)21(24(31)28(22)2)35-25(32)18-12-8-5-9-13-18/h4-13,16,19H,14-15H2,1-3H3/t16-,19+/m1/s1. The summed E-state index contributed by atoms with van der Waals surface area (Å²) in [5.74, 6) is -2.10. The third-order valence-corrected chi connectivity index (χ3v) is 5.96. The first-order valence-electron chi connectivity index (χ1n) is 11.1. The average molecular weight is 476 g/mol. The van der Waals surface area contributed by atoms with Gasteiger partial charge < -0.3 is 14.4 Å². The van der Waals surface area contributed by atoms with Crippen LogP contribution in [-0.4, -0.2) is 46.0 Å². The number of methoxy groups -OCH3 is 1. The topological polar surface area (TPSA) is 108 Å². The van der Waals surface area contributed by atoms with Crippen LogP contribution in [0.1, 0.15) is 56.4 Å². The van der Waals surface area contributed by atoms with Gasteiger partial charge in [0.25, 0.3) is 11.5 Å². The van der Waals surface area contributed by atoms with Gasteiger partial charge in [0.15, 0.2) is 5.69 Å². The van der Waals surface area contributed by atoms with Crippen molar-refractivity contribution in [2.45, 2.75) is 19.4 Å². The van der Waals surface area contributed by atoms with Gasteiger partial charge in [-0.15, -0.1) is 0 Å². The summed E-state index contributed by atoms with van der Waals surface area (Å²) in [6, 6.07) is 16.4. The number of benzene rings is 2. The summed E-state index contributed by atoms with van der Waals surface area (Å²) in [6.07, 6.45) is 0.544. The predicted molar refractivity (Wildman–Crippen MR) is 126 cm³/mol. The predicted octanol–water partition coefficient (Wildman–Crippen LogP) is 3.01. The fourth-order valence-corrected chi connectivity index (χ4v) is 4.21. The summed E-state index contributed by atoms with van der Waals surface area (Å²) in [4.78, 5) is 57.8. The third-order valence-electron chi connectivity index (χ3n) is 5.96. The fraction of sp³-hybridized carbons (Fsp3) is 0.269. The molecule has 1 aliphatic rings. The Kier molecular flexibility index (Phi) is 6.77. The van der Waals surface area contributed by atoms with Crippen molar-refractivity contribution < 1.29 is 23.9 Å². The molecule has 2 atom stereocenters. The molecule has 0 aliphatic carbocycles. The number of hydrogen-bond acceptors (Lipinski definition) is 7. The summed E-state index contributed by atoms with van der Waals surface area (Å²) in [6.45, 7) is 2.47. The molecule has 4 rings (SSSR count). The van der Waals surface area contributed by atoms with Crippen LogP contribution in [0.25, 0.3) is 0 Å². The molecule has 9 heteroatoms. The van der Waals surface area contributed by atoms with Crippen molar-refractivity contribution in [2.75, 3.05) is 13.7 Å². The molecule has 2 aromatic carbocycles. The highest BCUT2D eigenvalue weighted by Crippen LogP contribution is 2.35. The van der Waals surface area contributed by atoms with E-state index in [1.165, 1.54) is 23.7 Å². The van der Waals surface area contributed by atoms with E-state index < -0.39 is 35.0 Å². The van der Waals surface area contributed by atoms with Crippen LogP contribution in [0.2, 0.25) is 0 Å².